The molecule has 1 amide bonds. The number of nitrogens with one attached hydrogen (secondary N) is 1. The zero-order valence-corrected chi connectivity index (χ0v) is 14.0. The average Bonchev–Trinajstić information content (AvgIpc) is 2.41. The quantitative estimate of drug-likeness (QED) is 0.696. The largest absolute Gasteiger partial charge is 0.319 e. The molecule has 0 saturated heterocycles. The zero-order chi connectivity index (χ0) is 14.9. The van der Waals surface area contributed by atoms with Gasteiger partial charge in [-0.05, 0) is 40.5 Å². The molecular weight excluding hydrogens is 386 g/mol. The number of pyridine rings is 1. The van der Waals surface area contributed by atoms with E-state index in [-0.39, 0.29) is 10.7 Å². The minimum Gasteiger partial charge on any atom is -0.319 e. The summed E-state index contributed by atoms with van der Waals surface area (Å²) in [6, 6.07) is 5.01. The minimum absolute atomic E-state index is 0.102. The van der Waals surface area contributed by atoms with Crippen LogP contribution >= 0.6 is 50.7 Å². The summed E-state index contributed by atoms with van der Waals surface area (Å²) in [6.45, 7) is 1.82. The van der Waals surface area contributed by atoms with Gasteiger partial charge in [-0.25, -0.2) is 4.98 Å². The van der Waals surface area contributed by atoms with E-state index in [1.54, 1.807) is 18.2 Å². The van der Waals surface area contributed by atoms with Crippen molar-refractivity contribution in [1.82, 2.24) is 4.98 Å². The monoisotopic (exact) mass is 392 g/mol. The Morgan fingerprint density at radius 1 is 1.30 bits per heavy atom. The Morgan fingerprint density at radius 2 is 2.00 bits per heavy atom. The highest BCUT2D eigenvalue weighted by Gasteiger charge is 2.16. The van der Waals surface area contributed by atoms with Gasteiger partial charge in [-0.15, -0.1) is 0 Å². The van der Waals surface area contributed by atoms with Gasteiger partial charge in [-0.2, -0.15) is 0 Å². The van der Waals surface area contributed by atoms with Gasteiger partial charge in [0.2, 0.25) is 0 Å². The number of carbonyl (C=O) groups excluding carboxylic acids is 1. The van der Waals surface area contributed by atoms with Crippen LogP contribution in [0.4, 0.5) is 5.69 Å². The van der Waals surface area contributed by atoms with Crippen molar-refractivity contribution < 1.29 is 4.79 Å². The molecule has 0 aliphatic carbocycles. The Kier molecular flexibility index (Phi) is 4.91. The van der Waals surface area contributed by atoms with Gasteiger partial charge in [0.15, 0.2) is 0 Å². The van der Waals surface area contributed by atoms with Gasteiger partial charge in [-0.3, -0.25) is 4.79 Å². The van der Waals surface area contributed by atoms with Crippen LogP contribution in [-0.2, 0) is 0 Å². The summed E-state index contributed by atoms with van der Waals surface area (Å²) in [6.07, 6.45) is 1.51. The molecule has 0 unspecified atom stereocenters. The number of aromatic nitrogens is 1. The van der Waals surface area contributed by atoms with E-state index in [9.17, 15) is 4.79 Å². The molecule has 1 N–H and O–H groups in total. The summed E-state index contributed by atoms with van der Waals surface area (Å²) in [7, 11) is 0. The second kappa shape index (κ2) is 6.31. The fourth-order valence-electron chi connectivity index (χ4n) is 1.53. The summed E-state index contributed by atoms with van der Waals surface area (Å²) in [5.74, 6) is -0.432. The van der Waals surface area contributed by atoms with Crippen LogP contribution in [0.15, 0.2) is 28.9 Å². The highest BCUT2D eigenvalue weighted by atomic mass is 79.9. The van der Waals surface area contributed by atoms with Crippen molar-refractivity contribution in [3.8, 4) is 0 Å². The highest BCUT2D eigenvalue weighted by Crippen LogP contribution is 2.33. The maximum Gasteiger partial charge on any atom is 0.258 e. The molecule has 0 atom stereocenters. The van der Waals surface area contributed by atoms with Crippen molar-refractivity contribution in [2.24, 2.45) is 0 Å². The lowest BCUT2D eigenvalue weighted by molar-refractivity contribution is 0.102. The summed E-state index contributed by atoms with van der Waals surface area (Å²) >= 11 is 21.3. The van der Waals surface area contributed by atoms with Crippen LogP contribution in [0.5, 0.6) is 0 Å². The van der Waals surface area contributed by atoms with Gasteiger partial charge < -0.3 is 5.32 Å². The van der Waals surface area contributed by atoms with Crippen molar-refractivity contribution in [2.75, 3.05) is 5.32 Å². The van der Waals surface area contributed by atoms with E-state index in [0.29, 0.717) is 20.2 Å². The standard InChI is InChI=1S/C13H8BrCl3N2O/c1-6-2-3-9(15)11(10(6)16)19-13(20)8-4-7(14)5-18-12(8)17/h2-5H,1H3,(H,19,20). The summed E-state index contributed by atoms with van der Waals surface area (Å²) in [4.78, 5) is 16.1. The van der Waals surface area contributed by atoms with Crippen LogP contribution in [0.1, 0.15) is 15.9 Å². The van der Waals surface area contributed by atoms with Crippen molar-refractivity contribution in [3.63, 3.8) is 0 Å². The van der Waals surface area contributed by atoms with Crippen LogP contribution in [0.25, 0.3) is 0 Å². The molecule has 2 rings (SSSR count). The predicted octanol–water partition coefficient (Wildman–Crippen LogP) is 5.37. The average molecular weight is 394 g/mol. The number of nitrogens with zero attached hydrogens (tertiary/aromatic N) is 1. The topological polar surface area (TPSA) is 42.0 Å². The second-order valence-electron chi connectivity index (χ2n) is 4.00. The molecule has 1 aromatic heterocycles. The highest BCUT2D eigenvalue weighted by molar-refractivity contribution is 9.10. The molecule has 20 heavy (non-hydrogen) atoms. The van der Waals surface area contributed by atoms with Gasteiger partial charge in [0.25, 0.3) is 5.91 Å². The molecule has 0 saturated carbocycles. The Labute approximate surface area is 139 Å². The van der Waals surface area contributed by atoms with E-state index in [2.05, 4.69) is 26.2 Å². The lowest BCUT2D eigenvalue weighted by Gasteiger charge is -2.11. The molecule has 104 valence electrons. The van der Waals surface area contributed by atoms with Gasteiger partial charge in [0, 0.05) is 10.7 Å². The van der Waals surface area contributed by atoms with E-state index >= 15 is 0 Å². The van der Waals surface area contributed by atoms with Crippen molar-refractivity contribution >= 4 is 62.3 Å². The number of benzene rings is 1. The molecule has 0 aliphatic rings. The van der Waals surface area contributed by atoms with Crippen LogP contribution in [0.3, 0.4) is 0 Å². The normalized spacial score (nSPS) is 10.4. The Bertz CT molecular complexity index is 692. The first-order chi connectivity index (χ1) is 9.40. The number of hydrogen-bond acceptors (Lipinski definition) is 2. The predicted molar refractivity (Wildman–Crippen MR) is 86.1 cm³/mol. The van der Waals surface area contributed by atoms with E-state index < -0.39 is 5.91 Å². The summed E-state index contributed by atoms with van der Waals surface area (Å²) < 4.78 is 0.647. The Morgan fingerprint density at radius 3 is 2.70 bits per heavy atom. The molecule has 0 radical (unpaired) electrons. The lowest BCUT2D eigenvalue weighted by Crippen LogP contribution is -2.14. The zero-order valence-electron chi connectivity index (χ0n) is 10.2. The SMILES string of the molecule is Cc1ccc(Cl)c(NC(=O)c2cc(Br)cnc2Cl)c1Cl. The van der Waals surface area contributed by atoms with Crippen LogP contribution in [0, 0.1) is 6.92 Å². The number of carbonyl (C=O) groups is 1. The molecule has 1 heterocycles. The molecule has 0 bridgehead atoms. The molecule has 3 nitrogen and oxygen atoms in total. The maximum absolute atomic E-state index is 12.2. The number of halogens is 4. The lowest BCUT2D eigenvalue weighted by atomic mass is 10.2. The van der Waals surface area contributed by atoms with Gasteiger partial charge >= 0.3 is 0 Å². The molecular formula is C13H8BrCl3N2O. The number of anilines is 1. The fraction of sp³-hybridized carbons (Fsp3) is 0.0769. The van der Waals surface area contributed by atoms with Crippen LogP contribution < -0.4 is 5.32 Å². The van der Waals surface area contributed by atoms with E-state index in [1.807, 2.05) is 6.92 Å². The first-order valence-corrected chi connectivity index (χ1v) is 7.40. The number of hydrogen-bond donors (Lipinski definition) is 1. The van der Waals surface area contributed by atoms with Gasteiger partial charge in [0.05, 0.1) is 21.3 Å². The molecule has 7 heteroatoms. The summed E-state index contributed by atoms with van der Waals surface area (Å²) in [5.41, 5.74) is 1.40. The van der Waals surface area contributed by atoms with E-state index in [1.165, 1.54) is 6.20 Å². The first kappa shape index (κ1) is 15.6. The number of amides is 1. The third kappa shape index (κ3) is 3.26. The smallest absolute Gasteiger partial charge is 0.258 e. The van der Waals surface area contributed by atoms with Crippen molar-refractivity contribution in [3.05, 3.63) is 55.2 Å². The molecule has 2 aromatic rings. The minimum atomic E-state index is -0.432. The van der Waals surface area contributed by atoms with E-state index in [4.69, 9.17) is 34.8 Å². The van der Waals surface area contributed by atoms with Crippen LogP contribution in [0.2, 0.25) is 15.2 Å². The Balaban J connectivity index is 2.38. The second-order valence-corrected chi connectivity index (χ2v) is 6.06. The molecule has 0 spiro atoms. The Hall–Kier alpha value is -0.810. The van der Waals surface area contributed by atoms with Crippen LogP contribution in [-0.4, -0.2) is 10.9 Å². The van der Waals surface area contributed by atoms with Gasteiger partial charge in [-0.1, -0.05) is 40.9 Å². The molecule has 1 aromatic carbocycles. The summed E-state index contributed by atoms with van der Waals surface area (Å²) in [5, 5.41) is 3.51. The number of aryl methyl sites for hydroxylation is 1. The number of rotatable bonds is 2. The third-order valence-corrected chi connectivity index (χ3v) is 4.11. The van der Waals surface area contributed by atoms with Gasteiger partial charge in [0.1, 0.15) is 5.15 Å². The molecule has 0 aliphatic heterocycles. The van der Waals surface area contributed by atoms with E-state index in [0.717, 1.165) is 5.56 Å². The van der Waals surface area contributed by atoms with Crippen molar-refractivity contribution in [2.45, 2.75) is 6.92 Å². The maximum atomic E-state index is 12.2. The first-order valence-electron chi connectivity index (χ1n) is 5.47. The third-order valence-electron chi connectivity index (χ3n) is 2.57. The van der Waals surface area contributed by atoms with Crippen molar-refractivity contribution in [1.29, 1.82) is 0 Å². The fourth-order valence-corrected chi connectivity index (χ4v) is 2.52. The molecule has 0 fully saturated rings.